The molecule has 1 N–H and O–H groups in total. The lowest BCUT2D eigenvalue weighted by Crippen LogP contribution is -2.57. The highest BCUT2D eigenvalue weighted by Crippen LogP contribution is 2.33. The van der Waals surface area contributed by atoms with Gasteiger partial charge in [-0.05, 0) is 24.3 Å². The molecule has 1 saturated heterocycles. The number of amides is 1. The molecule has 0 radical (unpaired) electrons. The van der Waals surface area contributed by atoms with Crippen molar-refractivity contribution >= 4 is 23.4 Å². The van der Waals surface area contributed by atoms with Crippen molar-refractivity contribution in [2.45, 2.75) is 6.30 Å². The van der Waals surface area contributed by atoms with Gasteiger partial charge in [0.1, 0.15) is 0 Å². The van der Waals surface area contributed by atoms with Crippen LogP contribution in [0.15, 0.2) is 42.5 Å². The minimum Gasteiger partial charge on any atom is -0.476 e. The molecule has 0 aliphatic carbocycles. The van der Waals surface area contributed by atoms with E-state index in [1.807, 2.05) is 0 Å². The average molecular weight is 366 g/mol. The van der Waals surface area contributed by atoms with E-state index >= 15 is 0 Å². The van der Waals surface area contributed by atoms with E-state index in [1.165, 1.54) is 36.4 Å². The highest BCUT2D eigenvalue weighted by atomic mass is 19.4. The van der Waals surface area contributed by atoms with E-state index in [2.05, 4.69) is 10.2 Å². The van der Waals surface area contributed by atoms with Gasteiger partial charge in [-0.3, -0.25) is 4.79 Å². The fourth-order valence-corrected chi connectivity index (χ4v) is 2.59. The average Bonchev–Trinajstić information content (AvgIpc) is 2.54. The Bertz CT molecular complexity index is 806. The maximum absolute atomic E-state index is 13.3. The Kier molecular flexibility index (Phi) is 4.49. The number of carboxylic acid groups (broad SMARTS) is 1. The van der Waals surface area contributed by atoms with Crippen LogP contribution >= 0.6 is 0 Å². The lowest BCUT2D eigenvalue weighted by Gasteiger charge is -2.41. The number of carbonyl (C=O) groups is 2. The molecule has 3 rings (SSSR count). The van der Waals surface area contributed by atoms with Gasteiger partial charge in [-0.1, -0.05) is 18.2 Å². The topological polar surface area (TPSA) is 86.6 Å². The second kappa shape index (κ2) is 6.62. The summed E-state index contributed by atoms with van der Waals surface area (Å²) in [6, 6.07) is 9.49. The number of aromatic nitrogens is 2. The second-order valence-corrected chi connectivity index (χ2v) is 5.66. The van der Waals surface area contributed by atoms with Crippen molar-refractivity contribution in [2.24, 2.45) is 5.92 Å². The number of anilines is 2. The van der Waals surface area contributed by atoms with Crippen LogP contribution in [0.4, 0.5) is 24.7 Å². The molecule has 26 heavy (non-hydrogen) atoms. The van der Waals surface area contributed by atoms with Gasteiger partial charge in [0.2, 0.25) is 5.91 Å². The largest absolute Gasteiger partial charge is 0.491 e. The highest BCUT2D eigenvalue weighted by Gasteiger charge is 2.47. The Balaban J connectivity index is 1.70. The molecule has 0 spiro atoms. The molecular weight excluding hydrogens is 353 g/mol. The Hall–Kier alpha value is -3.17. The number of alkyl halides is 3. The van der Waals surface area contributed by atoms with Crippen LogP contribution in [0.5, 0.6) is 0 Å². The van der Waals surface area contributed by atoms with E-state index in [4.69, 9.17) is 5.11 Å². The molecule has 1 aromatic carbocycles. The normalized spacial score (nSPS) is 14.7. The number of hydrogen-bond donors (Lipinski definition) is 1. The lowest BCUT2D eigenvalue weighted by atomic mass is 9.98. The fourth-order valence-electron chi connectivity index (χ4n) is 2.59. The molecule has 136 valence electrons. The van der Waals surface area contributed by atoms with Crippen LogP contribution in [-0.2, 0) is 4.79 Å². The zero-order valence-corrected chi connectivity index (χ0v) is 13.2. The number of para-hydroxylation sites is 1. The third-order valence-electron chi connectivity index (χ3n) is 3.91. The molecule has 10 heteroatoms. The first-order chi connectivity index (χ1) is 12.3. The zero-order valence-electron chi connectivity index (χ0n) is 13.2. The van der Waals surface area contributed by atoms with Crippen molar-refractivity contribution in [3.05, 3.63) is 48.2 Å². The van der Waals surface area contributed by atoms with Gasteiger partial charge >= 0.3 is 12.3 Å². The Labute approximate surface area is 145 Å². The van der Waals surface area contributed by atoms with Gasteiger partial charge in [0.25, 0.3) is 0 Å². The predicted molar refractivity (Wildman–Crippen MR) is 84.7 cm³/mol. The molecule has 0 bridgehead atoms. The molecule has 2 aromatic rings. The smallest absolute Gasteiger partial charge is 0.476 e. The van der Waals surface area contributed by atoms with Gasteiger partial charge < -0.3 is 10.0 Å². The predicted octanol–water partition coefficient (Wildman–Crippen LogP) is 2.16. The summed E-state index contributed by atoms with van der Waals surface area (Å²) in [6.45, 7) is 0.0820. The first-order valence-electron chi connectivity index (χ1n) is 7.55. The summed E-state index contributed by atoms with van der Waals surface area (Å²) < 4.78 is 40.0. The minimum absolute atomic E-state index is 0.0410. The fraction of sp³-hybridized carbons (Fsp3) is 0.250. The number of carboxylic acids is 1. The van der Waals surface area contributed by atoms with Crippen molar-refractivity contribution < 1.29 is 27.9 Å². The number of carbonyl (C=O) groups excluding carboxylic acids is 1. The summed E-state index contributed by atoms with van der Waals surface area (Å²) in [7, 11) is 0. The molecule has 7 nitrogen and oxygen atoms in total. The molecular formula is C16H13F3N4O3. The molecule has 1 aliphatic rings. The number of rotatable bonds is 4. The third kappa shape index (κ3) is 3.44. The lowest BCUT2D eigenvalue weighted by molar-refractivity contribution is -0.153. The summed E-state index contributed by atoms with van der Waals surface area (Å²) in [5, 5.41) is 16.0. The van der Waals surface area contributed by atoms with Crippen LogP contribution in [0.25, 0.3) is 0 Å². The molecule has 1 fully saturated rings. The van der Waals surface area contributed by atoms with Crippen molar-refractivity contribution in [1.29, 1.82) is 0 Å². The van der Waals surface area contributed by atoms with Gasteiger partial charge in [0.05, 0.1) is 11.6 Å². The van der Waals surface area contributed by atoms with Crippen LogP contribution in [0.1, 0.15) is 10.5 Å². The van der Waals surface area contributed by atoms with Gasteiger partial charge in [0.15, 0.2) is 11.5 Å². The number of benzene rings is 1. The molecule has 1 aliphatic heterocycles. The van der Waals surface area contributed by atoms with Gasteiger partial charge in [-0.25, -0.2) is 9.69 Å². The molecule has 0 saturated carbocycles. The maximum Gasteiger partial charge on any atom is 0.491 e. The Morgan fingerprint density at radius 3 is 2.23 bits per heavy atom. The summed E-state index contributed by atoms with van der Waals surface area (Å²) in [5.74, 6) is -2.82. The van der Waals surface area contributed by atoms with E-state index in [1.54, 1.807) is 11.0 Å². The van der Waals surface area contributed by atoms with E-state index in [-0.39, 0.29) is 29.4 Å². The summed E-state index contributed by atoms with van der Waals surface area (Å²) in [6.07, 6.45) is -4.83. The first-order valence-corrected chi connectivity index (χ1v) is 7.55. The summed E-state index contributed by atoms with van der Waals surface area (Å²) in [4.78, 5) is 24.5. The van der Waals surface area contributed by atoms with Gasteiger partial charge in [0, 0.05) is 13.1 Å². The molecule has 2 heterocycles. The highest BCUT2D eigenvalue weighted by molar-refractivity contribution is 5.97. The number of hydrogen-bond acceptors (Lipinski definition) is 5. The van der Waals surface area contributed by atoms with Crippen molar-refractivity contribution in [3.8, 4) is 0 Å². The van der Waals surface area contributed by atoms with Crippen LogP contribution in [0, 0.1) is 5.92 Å². The van der Waals surface area contributed by atoms with Crippen LogP contribution in [0.2, 0.25) is 0 Å². The Morgan fingerprint density at radius 1 is 1.08 bits per heavy atom. The molecule has 0 atom stereocenters. The maximum atomic E-state index is 13.3. The standard InChI is InChI=1S/C16H13F3N4O3/c17-16(18,19)23(11-4-2-1-3-5-11)14(24)10-8-22(9-10)13-7-6-12(15(25)26)20-21-13/h1-7,10H,8-9H2,(H,25,26). The van der Waals surface area contributed by atoms with Crippen LogP contribution in [0.3, 0.4) is 0 Å². The van der Waals surface area contributed by atoms with Crippen molar-refractivity contribution in [3.63, 3.8) is 0 Å². The monoisotopic (exact) mass is 366 g/mol. The summed E-state index contributed by atoms with van der Waals surface area (Å²) >= 11 is 0. The second-order valence-electron chi connectivity index (χ2n) is 5.66. The quantitative estimate of drug-likeness (QED) is 0.835. The Morgan fingerprint density at radius 2 is 1.73 bits per heavy atom. The number of nitrogens with zero attached hydrogens (tertiary/aromatic N) is 4. The minimum atomic E-state index is -4.83. The van der Waals surface area contributed by atoms with E-state index in [9.17, 15) is 22.8 Å². The van der Waals surface area contributed by atoms with Crippen molar-refractivity contribution in [2.75, 3.05) is 22.9 Å². The third-order valence-corrected chi connectivity index (χ3v) is 3.91. The van der Waals surface area contributed by atoms with Crippen molar-refractivity contribution in [1.82, 2.24) is 10.2 Å². The van der Waals surface area contributed by atoms with E-state index < -0.39 is 24.1 Å². The number of halogens is 3. The van der Waals surface area contributed by atoms with E-state index in [0.717, 1.165) is 0 Å². The van der Waals surface area contributed by atoms with Crippen LogP contribution < -0.4 is 9.80 Å². The van der Waals surface area contributed by atoms with Gasteiger partial charge in [-0.15, -0.1) is 23.4 Å². The summed E-state index contributed by atoms with van der Waals surface area (Å²) in [5.41, 5.74) is -0.483. The van der Waals surface area contributed by atoms with E-state index in [0.29, 0.717) is 5.82 Å². The number of aromatic carboxylic acids is 1. The van der Waals surface area contributed by atoms with Crippen LogP contribution in [-0.4, -0.2) is 46.6 Å². The van der Waals surface area contributed by atoms with Gasteiger partial charge in [-0.2, -0.15) is 0 Å². The first kappa shape index (κ1) is 17.6. The molecule has 0 unspecified atom stereocenters. The molecule has 1 amide bonds. The zero-order chi connectivity index (χ0) is 18.9. The SMILES string of the molecule is O=C(O)c1ccc(N2CC(C(=O)N(c3ccccc3)C(F)(F)F)C2)nn1. The molecule has 1 aromatic heterocycles.